The number of aryl methyl sites for hydroxylation is 2. The Labute approximate surface area is 308 Å². The van der Waals surface area contributed by atoms with Crippen LogP contribution >= 0.6 is 22.9 Å². The Kier molecular flexibility index (Phi) is 8.11. The van der Waals surface area contributed by atoms with Crippen molar-refractivity contribution >= 4 is 44.7 Å². The predicted molar refractivity (Wildman–Crippen MR) is 197 cm³/mol. The van der Waals surface area contributed by atoms with Crippen LogP contribution in [0.5, 0.6) is 11.5 Å². The highest BCUT2D eigenvalue weighted by atomic mass is 35.5. The number of nitrogens with zero attached hydrogens (tertiary/aromatic N) is 5. The summed E-state index contributed by atoms with van der Waals surface area (Å²) in [6.07, 6.45) is 6.21. The van der Waals surface area contributed by atoms with Crippen molar-refractivity contribution in [1.82, 2.24) is 25.1 Å². The Balaban J connectivity index is 0.000000310. The first-order chi connectivity index (χ1) is 25.3. The molecule has 1 N–H and O–H groups in total. The molecule has 0 radical (unpaired) electrons. The van der Waals surface area contributed by atoms with Crippen molar-refractivity contribution in [3.8, 4) is 33.4 Å². The lowest BCUT2D eigenvalue weighted by molar-refractivity contribution is 0.0776. The smallest absolute Gasteiger partial charge is 0.257 e. The number of anilines is 1. The fourth-order valence-corrected chi connectivity index (χ4v) is 9.36. The number of carbonyl (C=O) groups excluding carboxylic acids is 1. The molecule has 52 heavy (non-hydrogen) atoms. The van der Waals surface area contributed by atoms with Crippen molar-refractivity contribution in [1.29, 1.82) is 0 Å². The maximum Gasteiger partial charge on any atom is 0.257 e. The number of amides is 1. The molecule has 1 aliphatic carbocycles. The number of fused-ring (bicyclic) bond motifs is 6. The summed E-state index contributed by atoms with van der Waals surface area (Å²) in [5.41, 5.74) is 6.89. The highest BCUT2D eigenvalue weighted by molar-refractivity contribution is 7.23. The molecule has 264 valence electrons. The largest absolute Gasteiger partial charge is 0.493 e. The van der Waals surface area contributed by atoms with E-state index in [1.54, 1.807) is 24.5 Å². The highest BCUT2D eigenvalue weighted by Gasteiger charge is 2.44. The number of ether oxygens (including phenoxy) is 2. The number of benzene rings is 2. The van der Waals surface area contributed by atoms with Crippen molar-refractivity contribution < 1.29 is 23.1 Å². The minimum absolute atomic E-state index is 0.000886. The molecule has 1 amide bonds. The minimum atomic E-state index is -0.345. The van der Waals surface area contributed by atoms with Gasteiger partial charge in [0.2, 0.25) is 11.8 Å². The summed E-state index contributed by atoms with van der Waals surface area (Å²) in [5, 5.41) is 13.8. The van der Waals surface area contributed by atoms with Crippen LogP contribution in [-0.4, -0.2) is 51.2 Å². The second kappa shape index (κ2) is 12.9. The lowest BCUT2D eigenvalue weighted by atomic mass is 9.95. The van der Waals surface area contributed by atoms with Gasteiger partial charge in [-0.1, -0.05) is 23.7 Å². The summed E-state index contributed by atoms with van der Waals surface area (Å²) in [7, 11) is 1.51. The third-order valence-corrected chi connectivity index (χ3v) is 11.8. The van der Waals surface area contributed by atoms with Crippen molar-refractivity contribution in [3.05, 3.63) is 99.0 Å². The molecule has 7 heterocycles. The molecule has 10 rings (SSSR count). The van der Waals surface area contributed by atoms with Crippen molar-refractivity contribution in [2.75, 3.05) is 25.6 Å². The van der Waals surface area contributed by atoms with Gasteiger partial charge in [-0.05, 0) is 79.5 Å². The summed E-state index contributed by atoms with van der Waals surface area (Å²) in [4.78, 5) is 26.4. The van der Waals surface area contributed by atoms with Gasteiger partial charge in [-0.3, -0.25) is 9.78 Å². The first-order valence-corrected chi connectivity index (χ1v) is 18.6. The van der Waals surface area contributed by atoms with Crippen LogP contribution in [0.25, 0.3) is 32.0 Å². The van der Waals surface area contributed by atoms with Gasteiger partial charge in [-0.25, -0.2) is 9.37 Å². The van der Waals surface area contributed by atoms with Crippen LogP contribution in [0.2, 0.25) is 5.02 Å². The zero-order chi connectivity index (χ0) is 35.7. The second-order valence-electron chi connectivity index (χ2n) is 13.4. The zero-order valence-corrected chi connectivity index (χ0v) is 30.3. The Morgan fingerprint density at radius 1 is 1.06 bits per heavy atom. The molecule has 4 aromatic heterocycles. The molecule has 0 saturated carbocycles. The second-order valence-corrected chi connectivity index (χ2v) is 14.9. The minimum Gasteiger partial charge on any atom is -0.493 e. The van der Waals surface area contributed by atoms with Crippen LogP contribution in [0.3, 0.4) is 0 Å². The molecule has 10 nitrogen and oxygen atoms in total. The van der Waals surface area contributed by atoms with Gasteiger partial charge in [0.15, 0.2) is 11.6 Å². The predicted octanol–water partition coefficient (Wildman–Crippen LogP) is 8.84. The molecular formula is C39H34ClFN6O4S. The molecule has 4 aliphatic rings. The van der Waals surface area contributed by atoms with Gasteiger partial charge >= 0.3 is 0 Å². The first kappa shape index (κ1) is 32.8. The van der Waals surface area contributed by atoms with Gasteiger partial charge in [-0.2, -0.15) is 0 Å². The number of pyridine rings is 2. The summed E-state index contributed by atoms with van der Waals surface area (Å²) in [6, 6.07) is 13.1. The molecule has 13 heteroatoms. The number of hydrogen-bond donors (Lipinski definition) is 1. The average Bonchev–Trinajstić information content (AvgIpc) is 3.99. The number of hydrogen-bond acceptors (Lipinski definition) is 10. The van der Waals surface area contributed by atoms with Crippen molar-refractivity contribution in [3.63, 3.8) is 0 Å². The third-order valence-electron chi connectivity index (χ3n) is 10.3. The van der Waals surface area contributed by atoms with E-state index in [9.17, 15) is 9.18 Å². The summed E-state index contributed by atoms with van der Waals surface area (Å²) in [5.74, 6) is 2.47. The van der Waals surface area contributed by atoms with Crippen molar-refractivity contribution in [2.45, 2.75) is 58.0 Å². The van der Waals surface area contributed by atoms with Crippen LogP contribution in [0.4, 0.5) is 10.2 Å². The normalized spacial score (nSPS) is 18.1. The molecule has 0 spiro atoms. The Morgan fingerprint density at radius 2 is 1.94 bits per heavy atom. The Bertz CT molecular complexity index is 2410. The molecule has 3 aliphatic heterocycles. The molecule has 6 aromatic rings. The quantitative estimate of drug-likeness (QED) is 0.185. The number of nitrogens with one attached hydrogen (secondary N) is 1. The van der Waals surface area contributed by atoms with E-state index >= 15 is 0 Å². The number of thiophene rings is 1. The molecule has 1 fully saturated rings. The lowest BCUT2D eigenvalue weighted by Gasteiger charge is -2.16. The standard InChI is InChI=1S/C31H27FN6O3S.C8H7ClO/c1-14-23(30-37-36-15(2)41-30)24(25-26(34-14)21-5-4-12-38(21)31(25)39)22-13-16-10-11-33-29(28(16)42-22)35-20-9-7-18-17(20)6-8-19(32)27(18)40-3;9-7-2-1-6-3-4-10-8(6)5-7/h6,8,10-11,13,20-21H,4-5,7,9,12H2,1-3H3,(H,33,35);1-2,5H,3-4H2. The summed E-state index contributed by atoms with van der Waals surface area (Å²) < 4.78 is 31.9. The van der Waals surface area contributed by atoms with Crippen LogP contribution in [0, 0.1) is 19.7 Å². The van der Waals surface area contributed by atoms with Gasteiger partial charge in [0, 0.05) is 47.1 Å². The van der Waals surface area contributed by atoms with Gasteiger partial charge < -0.3 is 24.1 Å². The van der Waals surface area contributed by atoms with E-state index in [1.807, 2.05) is 42.2 Å². The Hall–Kier alpha value is -5.07. The van der Waals surface area contributed by atoms with E-state index in [2.05, 4.69) is 21.6 Å². The van der Waals surface area contributed by atoms with E-state index in [-0.39, 0.29) is 23.8 Å². The van der Waals surface area contributed by atoms with Crippen LogP contribution < -0.4 is 14.8 Å². The SMILES string of the molecule is COc1c(F)ccc2c1CCC2Nc1nccc2cc(-c3c4c(nc(C)c3-c3nnc(C)o3)C3CCCN3C4=O)sc12.Clc1ccc2c(c1)OCC2. The third kappa shape index (κ3) is 5.38. The topological polar surface area (TPSA) is 115 Å². The first-order valence-electron chi connectivity index (χ1n) is 17.4. The van der Waals surface area contributed by atoms with E-state index in [1.165, 1.54) is 18.7 Å². The maximum absolute atomic E-state index is 14.4. The molecule has 0 bridgehead atoms. The summed E-state index contributed by atoms with van der Waals surface area (Å²) >= 11 is 7.32. The van der Waals surface area contributed by atoms with Crippen LogP contribution in [0.15, 0.2) is 53.1 Å². The molecular weight excluding hydrogens is 703 g/mol. The number of carbonyl (C=O) groups is 1. The fourth-order valence-electron chi connectivity index (χ4n) is 8.04. The van der Waals surface area contributed by atoms with Crippen molar-refractivity contribution in [2.24, 2.45) is 0 Å². The maximum atomic E-state index is 14.4. The van der Waals surface area contributed by atoms with E-state index in [0.717, 1.165) is 105 Å². The lowest BCUT2D eigenvalue weighted by Crippen LogP contribution is -2.22. The van der Waals surface area contributed by atoms with Gasteiger partial charge in [0.1, 0.15) is 11.6 Å². The van der Waals surface area contributed by atoms with E-state index in [0.29, 0.717) is 28.7 Å². The molecule has 2 atom stereocenters. The molecule has 2 unspecified atom stereocenters. The molecule has 2 aromatic carbocycles. The van der Waals surface area contributed by atoms with E-state index < -0.39 is 0 Å². The van der Waals surface area contributed by atoms with Gasteiger partial charge in [0.25, 0.3) is 5.91 Å². The number of aromatic nitrogens is 4. The number of methoxy groups -OCH3 is 1. The zero-order valence-electron chi connectivity index (χ0n) is 28.8. The van der Waals surface area contributed by atoms with Crippen LogP contribution in [-0.2, 0) is 12.8 Å². The molecule has 1 saturated heterocycles. The van der Waals surface area contributed by atoms with E-state index in [4.69, 9.17) is 35.5 Å². The highest BCUT2D eigenvalue weighted by Crippen LogP contribution is 2.50. The monoisotopic (exact) mass is 736 g/mol. The van der Waals surface area contributed by atoms with Gasteiger partial charge in [-0.15, -0.1) is 21.5 Å². The van der Waals surface area contributed by atoms with Gasteiger partial charge in [0.05, 0.1) is 53.0 Å². The fraction of sp³-hybridized carbons (Fsp3) is 0.308. The van der Waals surface area contributed by atoms with Crippen LogP contribution in [0.1, 0.15) is 75.7 Å². The Morgan fingerprint density at radius 3 is 2.77 bits per heavy atom. The number of rotatable bonds is 5. The average molecular weight is 737 g/mol. The summed E-state index contributed by atoms with van der Waals surface area (Å²) in [6.45, 7) is 5.23. The number of halogens is 2.